The molecule has 0 fully saturated rings. The molecule has 0 aromatic heterocycles. The van der Waals surface area contributed by atoms with E-state index in [1.54, 1.807) is 0 Å². The highest BCUT2D eigenvalue weighted by molar-refractivity contribution is 6.06. The van der Waals surface area contributed by atoms with E-state index >= 15 is 0 Å². The summed E-state index contributed by atoms with van der Waals surface area (Å²) in [6, 6.07) is 14.8. The van der Waals surface area contributed by atoms with Crippen molar-refractivity contribution in [2.24, 2.45) is 0 Å². The number of carbonyl (C=O) groups excluding carboxylic acids is 1. The number of carbonyl (C=O) groups is 1. The van der Waals surface area contributed by atoms with Crippen LogP contribution in [0.2, 0.25) is 0 Å². The Morgan fingerprint density at radius 2 is 1.58 bits per heavy atom. The van der Waals surface area contributed by atoms with Gasteiger partial charge in [0.2, 0.25) is 0 Å². The predicted octanol–water partition coefficient (Wildman–Crippen LogP) is 6.43. The topological polar surface area (TPSA) is 35.5 Å². The van der Waals surface area contributed by atoms with Crippen LogP contribution in [0.3, 0.4) is 0 Å². The monoisotopic (exact) mass is 350 g/mol. The van der Waals surface area contributed by atoms with E-state index in [2.05, 4.69) is 57.2 Å². The van der Waals surface area contributed by atoms with E-state index in [1.165, 1.54) is 11.1 Å². The summed E-state index contributed by atoms with van der Waals surface area (Å²) in [5, 5.41) is 4.04. The number of hydrogen-bond donors (Lipinski definition) is 0. The number of rotatable bonds is 6. The lowest BCUT2D eigenvalue weighted by atomic mass is 9.98. The van der Waals surface area contributed by atoms with Gasteiger partial charge >= 0.3 is 6.16 Å². The molecule has 0 atom stereocenters. The van der Waals surface area contributed by atoms with Crippen molar-refractivity contribution in [3.8, 4) is 5.75 Å². The first kappa shape index (κ1) is 18.2. The average molecular weight is 350 g/mol. The van der Waals surface area contributed by atoms with Gasteiger partial charge in [0.25, 0.3) is 0 Å². The van der Waals surface area contributed by atoms with Crippen molar-refractivity contribution in [1.29, 1.82) is 0 Å². The summed E-state index contributed by atoms with van der Waals surface area (Å²) in [7, 11) is 0. The van der Waals surface area contributed by atoms with Crippen LogP contribution in [-0.4, -0.2) is 12.8 Å². The molecule has 0 radical (unpaired) electrons. The minimum absolute atomic E-state index is 0.387. The van der Waals surface area contributed by atoms with Crippen molar-refractivity contribution in [2.45, 2.75) is 46.5 Å². The van der Waals surface area contributed by atoms with E-state index in [1.807, 2.05) is 6.07 Å². The highest BCUT2D eigenvalue weighted by Crippen LogP contribution is 2.36. The van der Waals surface area contributed by atoms with Crippen LogP contribution in [0.1, 0.15) is 44.7 Å². The molecule has 0 aliphatic carbocycles. The Kier molecular flexibility index (Phi) is 5.77. The van der Waals surface area contributed by atoms with Crippen LogP contribution < -0.4 is 4.74 Å². The van der Waals surface area contributed by atoms with Crippen molar-refractivity contribution >= 4 is 27.7 Å². The molecular formula is C23H26O3. The zero-order valence-electron chi connectivity index (χ0n) is 15.8. The first-order valence-corrected chi connectivity index (χ1v) is 9.49. The second-order valence-corrected chi connectivity index (χ2v) is 6.58. The van der Waals surface area contributed by atoms with Gasteiger partial charge in [0.15, 0.2) is 0 Å². The van der Waals surface area contributed by atoms with Crippen LogP contribution in [0.4, 0.5) is 4.79 Å². The van der Waals surface area contributed by atoms with Crippen LogP contribution >= 0.6 is 0 Å². The standard InChI is InChI=1S/C23H26O3/c1-4-7-12-25-23(24)26-22-20-11-9-16(5-2)13-19(20)15-18-10-8-17(6-3)14-21(18)22/h8-11,13-15H,4-7,12H2,1-3H3. The van der Waals surface area contributed by atoms with E-state index in [0.717, 1.165) is 47.2 Å². The largest absolute Gasteiger partial charge is 0.513 e. The third kappa shape index (κ3) is 3.82. The second kappa shape index (κ2) is 8.22. The molecule has 3 aromatic rings. The Bertz CT molecular complexity index is 928. The van der Waals surface area contributed by atoms with Gasteiger partial charge in [-0.3, -0.25) is 0 Å². The Balaban J connectivity index is 2.11. The van der Waals surface area contributed by atoms with E-state index in [4.69, 9.17) is 9.47 Å². The van der Waals surface area contributed by atoms with Crippen molar-refractivity contribution in [3.63, 3.8) is 0 Å². The maximum absolute atomic E-state index is 12.2. The van der Waals surface area contributed by atoms with Crippen molar-refractivity contribution in [3.05, 3.63) is 53.6 Å². The van der Waals surface area contributed by atoms with Gasteiger partial charge in [-0.2, -0.15) is 0 Å². The number of aryl methyl sites for hydroxylation is 2. The predicted molar refractivity (Wildman–Crippen MR) is 107 cm³/mol. The summed E-state index contributed by atoms with van der Waals surface area (Å²) in [6.45, 7) is 6.70. The minimum Gasteiger partial charge on any atom is -0.434 e. The molecule has 0 amide bonds. The first-order chi connectivity index (χ1) is 12.7. The molecule has 3 aromatic carbocycles. The lowest BCUT2D eigenvalue weighted by Crippen LogP contribution is -2.12. The SMILES string of the molecule is CCCCOC(=O)Oc1c2ccc(CC)cc2cc2ccc(CC)cc12. The van der Waals surface area contributed by atoms with E-state index in [0.29, 0.717) is 12.4 Å². The molecule has 0 bridgehead atoms. The van der Waals surface area contributed by atoms with Gasteiger partial charge in [-0.25, -0.2) is 4.79 Å². The van der Waals surface area contributed by atoms with Gasteiger partial charge in [0, 0.05) is 10.8 Å². The van der Waals surface area contributed by atoms with Gasteiger partial charge in [0.1, 0.15) is 5.75 Å². The Morgan fingerprint density at radius 1 is 0.846 bits per heavy atom. The molecule has 3 nitrogen and oxygen atoms in total. The highest BCUT2D eigenvalue weighted by atomic mass is 16.7. The smallest absolute Gasteiger partial charge is 0.434 e. The Morgan fingerprint density at radius 3 is 2.31 bits per heavy atom. The third-order valence-electron chi connectivity index (χ3n) is 4.75. The summed E-state index contributed by atoms with van der Waals surface area (Å²) in [5.41, 5.74) is 2.48. The highest BCUT2D eigenvalue weighted by Gasteiger charge is 2.15. The zero-order chi connectivity index (χ0) is 18.5. The summed E-state index contributed by atoms with van der Waals surface area (Å²) >= 11 is 0. The van der Waals surface area contributed by atoms with Crippen LogP contribution in [-0.2, 0) is 17.6 Å². The lowest BCUT2D eigenvalue weighted by molar-refractivity contribution is 0.0988. The summed E-state index contributed by atoms with van der Waals surface area (Å²) < 4.78 is 10.9. The molecular weight excluding hydrogens is 324 g/mol. The number of fused-ring (bicyclic) bond motifs is 2. The summed E-state index contributed by atoms with van der Waals surface area (Å²) in [6.07, 6.45) is 3.09. The normalized spacial score (nSPS) is 11.0. The van der Waals surface area contributed by atoms with Crippen LogP contribution in [0.25, 0.3) is 21.5 Å². The van der Waals surface area contributed by atoms with Gasteiger partial charge in [-0.05, 0) is 53.3 Å². The molecule has 3 heteroatoms. The maximum Gasteiger partial charge on any atom is 0.513 e. The van der Waals surface area contributed by atoms with Crippen molar-refractivity contribution < 1.29 is 14.3 Å². The molecule has 0 unspecified atom stereocenters. The fraction of sp³-hybridized carbons (Fsp3) is 0.348. The minimum atomic E-state index is -0.631. The van der Waals surface area contributed by atoms with E-state index in [-0.39, 0.29) is 0 Å². The van der Waals surface area contributed by atoms with E-state index < -0.39 is 6.16 Å². The third-order valence-corrected chi connectivity index (χ3v) is 4.75. The fourth-order valence-electron chi connectivity index (χ4n) is 3.14. The molecule has 3 rings (SSSR count). The number of ether oxygens (including phenoxy) is 2. The van der Waals surface area contributed by atoms with Gasteiger partial charge in [0.05, 0.1) is 6.61 Å². The molecule has 0 aliphatic heterocycles. The fourth-order valence-corrected chi connectivity index (χ4v) is 3.14. The van der Waals surface area contributed by atoms with Crippen LogP contribution in [0.15, 0.2) is 42.5 Å². The molecule has 0 aliphatic rings. The van der Waals surface area contributed by atoms with Gasteiger partial charge in [-0.1, -0.05) is 57.5 Å². The molecule has 0 saturated heterocycles. The lowest BCUT2D eigenvalue weighted by Gasteiger charge is -2.13. The average Bonchev–Trinajstić information content (AvgIpc) is 2.67. The van der Waals surface area contributed by atoms with E-state index in [9.17, 15) is 4.79 Å². The number of unbranched alkanes of at least 4 members (excludes halogenated alkanes) is 1. The second-order valence-electron chi connectivity index (χ2n) is 6.58. The quantitative estimate of drug-likeness (QED) is 0.222. The Labute approximate surface area is 154 Å². The number of hydrogen-bond acceptors (Lipinski definition) is 3. The maximum atomic E-state index is 12.2. The molecule has 0 spiro atoms. The molecule has 0 heterocycles. The summed E-state index contributed by atoms with van der Waals surface area (Å²) in [4.78, 5) is 12.2. The van der Waals surface area contributed by atoms with Crippen molar-refractivity contribution in [2.75, 3.05) is 6.61 Å². The van der Waals surface area contributed by atoms with Crippen molar-refractivity contribution in [1.82, 2.24) is 0 Å². The van der Waals surface area contributed by atoms with Gasteiger partial charge in [-0.15, -0.1) is 0 Å². The first-order valence-electron chi connectivity index (χ1n) is 9.49. The molecule has 0 saturated carbocycles. The summed E-state index contributed by atoms with van der Waals surface area (Å²) in [5.74, 6) is 0.594. The zero-order valence-corrected chi connectivity index (χ0v) is 15.8. The molecule has 0 N–H and O–H groups in total. The van der Waals surface area contributed by atoms with Crippen LogP contribution in [0, 0.1) is 0 Å². The molecule has 26 heavy (non-hydrogen) atoms. The Hall–Kier alpha value is -2.55. The molecule has 136 valence electrons. The van der Waals surface area contributed by atoms with Crippen LogP contribution in [0.5, 0.6) is 5.75 Å². The number of benzene rings is 3. The van der Waals surface area contributed by atoms with Gasteiger partial charge < -0.3 is 9.47 Å².